The number of aromatic nitrogens is 1. The van der Waals surface area contributed by atoms with E-state index in [2.05, 4.69) is 4.98 Å². The summed E-state index contributed by atoms with van der Waals surface area (Å²) in [4.78, 5) is 43.5. The van der Waals surface area contributed by atoms with Crippen LogP contribution in [0.2, 0.25) is 0 Å². The molecule has 134 valence electrons. The van der Waals surface area contributed by atoms with Crippen molar-refractivity contribution in [1.29, 1.82) is 5.26 Å². The van der Waals surface area contributed by atoms with Crippen LogP contribution >= 0.6 is 0 Å². The van der Waals surface area contributed by atoms with Crippen LogP contribution in [-0.4, -0.2) is 58.2 Å². The first-order valence-electron chi connectivity index (χ1n) is 8.32. The molecule has 0 atom stereocenters. The van der Waals surface area contributed by atoms with Crippen LogP contribution in [0.15, 0.2) is 42.6 Å². The first-order chi connectivity index (χ1) is 13.1. The molecule has 0 bridgehead atoms. The third-order valence-corrected chi connectivity index (χ3v) is 4.53. The van der Waals surface area contributed by atoms with Crippen molar-refractivity contribution in [1.82, 2.24) is 14.8 Å². The molecule has 1 fully saturated rings. The average Bonchev–Trinajstić information content (AvgIpc) is 2.90. The van der Waals surface area contributed by atoms with Gasteiger partial charge in [0.05, 0.1) is 29.8 Å². The lowest BCUT2D eigenvalue weighted by molar-refractivity contribution is -0.140. The number of benzene rings is 1. The highest BCUT2D eigenvalue weighted by Crippen LogP contribution is 2.23. The minimum atomic E-state index is -0.445. The lowest BCUT2D eigenvalue weighted by Crippen LogP contribution is -2.58. The number of rotatable bonds is 4. The van der Waals surface area contributed by atoms with Crippen molar-refractivity contribution in [2.24, 2.45) is 0 Å². The summed E-state index contributed by atoms with van der Waals surface area (Å²) in [6, 6.07) is 11.7. The highest BCUT2D eigenvalue weighted by atomic mass is 16.5. The van der Waals surface area contributed by atoms with Gasteiger partial charge in [-0.2, -0.15) is 5.26 Å². The van der Waals surface area contributed by atoms with Gasteiger partial charge < -0.3 is 9.64 Å². The van der Waals surface area contributed by atoms with Crippen molar-refractivity contribution in [3.8, 4) is 11.9 Å². The molecule has 1 aromatic heterocycles. The van der Waals surface area contributed by atoms with Gasteiger partial charge in [0.1, 0.15) is 18.7 Å². The van der Waals surface area contributed by atoms with Crippen LogP contribution < -0.4 is 4.74 Å². The highest BCUT2D eigenvalue weighted by Gasteiger charge is 2.39. The topological polar surface area (TPSA) is 104 Å². The summed E-state index contributed by atoms with van der Waals surface area (Å²) in [6.45, 7) is 0.418. The molecule has 4 rings (SSSR count). The molecular weight excluding hydrogens is 348 g/mol. The smallest absolute Gasteiger partial charge is 0.262 e. The molecule has 0 N–H and O–H groups in total. The predicted octanol–water partition coefficient (Wildman–Crippen LogP) is 0.839. The van der Waals surface area contributed by atoms with E-state index >= 15 is 0 Å². The second kappa shape index (κ2) is 6.53. The molecule has 0 saturated carbocycles. The van der Waals surface area contributed by atoms with E-state index in [1.165, 1.54) is 11.1 Å². The monoisotopic (exact) mass is 362 g/mol. The zero-order chi connectivity index (χ0) is 19.0. The predicted molar refractivity (Wildman–Crippen MR) is 91.8 cm³/mol. The van der Waals surface area contributed by atoms with E-state index in [1.807, 2.05) is 6.07 Å². The molecule has 27 heavy (non-hydrogen) atoms. The molecule has 3 heterocycles. The maximum atomic E-state index is 12.4. The number of nitriles is 1. The number of hydrogen-bond donors (Lipinski definition) is 0. The second-order valence-corrected chi connectivity index (χ2v) is 6.28. The molecule has 1 saturated heterocycles. The normalized spacial score (nSPS) is 16.0. The Morgan fingerprint density at radius 1 is 1.15 bits per heavy atom. The maximum absolute atomic E-state index is 12.4. The standard InChI is InChI=1S/C19H14N4O4/c20-7-12-5-6-16(21-8-12)27-13-9-22(10-13)17(24)11-23-18(25)14-3-1-2-4-15(14)19(23)26/h1-6,8,13H,9-11H2. The van der Waals surface area contributed by atoms with Gasteiger partial charge >= 0.3 is 0 Å². The molecule has 3 amide bonds. The van der Waals surface area contributed by atoms with Gasteiger partial charge in [-0.1, -0.05) is 12.1 Å². The number of imide groups is 1. The molecule has 2 aliphatic rings. The van der Waals surface area contributed by atoms with Crippen LogP contribution in [0.5, 0.6) is 5.88 Å². The molecule has 2 aromatic rings. The summed E-state index contributed by atoms with van der Waals surface area (Å²) in [5.74, 6) is -0.818. The van der Waals surface area contributed by atoms with Gasteiger partial charge in [0, 0.05) is 12.3 Å². The van der Waals surface area contributed by atoms with E-state index in [-0.39, 0.29) is 18.6 Å². The molecule has 2 aliphatic heterocycles. The maximum Gasteiger partial charge on any atom is 0.262 e. The van der Waals surface area contributed by atoms with E-state index in [0.717, 1.165) is 4.90 Å². The van der Waals surface area contributed by atoms with Crippen molar-refractivity contribution >= 4 is 17.7 Å². The van der Waals surface area contributed by atoms with Gasteiger partial charge in [-0.05, 0) is 18.2 Å². The van der Waals surface area contributed by atoms with Crippen LogP contribution in [0.25, 0.3) is 0 Å². The number of carbonyl (C=O) groups is 3. The summed E-state index contributed by atoms with van der Waals surface area (Å²) in [5.41, 5.74) is 1.09. The zero-order valence-electron chi connectivity index (χ0n) is 14.2. The Hall–Kier alpha value is -3.73. The Labute approximate surface area is 154 Å². The molecule has 0 aliphatic carbocycles. The van der Waals surface area contributed by atoms with Gasteiger partial charge in [0.2, 0.25) is 11.8 Å². The van der Waals surface area contributed by atoms with Gasteiger partial charge in [-0.25, -0.2) is 4.98 Å². The zero-order valence-corrected chi connectivity index (χ0v) is 14.2. The summed E-state index contributed by atoms with van der Waals surface area (Å²) < 4.78 is 5.63. The third-order valence-electron chi connectivity index (χ3n) is 4.53. The number of nitrogens with zero attached hydrogens (tertiary/aromatic N) is 4. The number of fused-ring (bicyclic) bond motifs is 1. The number of pyridine rings is 1. The highest BCUT2D eigenvalue weighted by molar-refractivity contribution is 6.22. The van der Waals surface area contributed by atoms with Crippen LogP contribution in [0.4, 0.5) is 0 Å². The minimum Gasteiger partial charge on any atom is -0.471 e. The SMILES string of the molecule is N#Cc1ccc(OC2CN(C(=O)CN3C(=O)c4ccccc4C3=O)C2)nc1. The largest absolute Gasteiger partial charge is 0.471 e. The lowest BCUT2D eigenvalue weighted by atomic mass is 10.1. The summed E-state index contributed by atoms with van der Waals surface area (Å²) in [5, 5.41) is 8.75. The van der Waals surface area contributed by atoms with Crippen LogP contribution in [0, 0.1) is 11.3 Å². The van der Waals surface area contributed by atoms with Gasteiger partial charge in [-0.15, -0.1) is 0 Å². The van der Waals surface area contributed by atoms with Crippen molar-refractivity contribution in [2.45, 2.75) is 6.10 Å². The Morgan fingerprint density at radius 2 is 1.81 bits per heavy atom. The number of likely N-dealkylation sites (tertiary alicyclic amines) is 1. The molecule has 0 spiro atoms. The minimum absolute atomic E-state index is 0.212. The summed E-state index contributed by atoms with van der Waals surface area (Å²) in [7, 11) is 0. The van der Waals surface area contributed by atoms with Crippen LogP contribution in [-0.2, 0) is 4.79 Å². The van der Waals surface area contributed by atoms with Gasteiger partial charge in [-0.3, -0.25) is 19.3 Å². The number of amides is 3. The van der Waals surface area contributed by atoms with Crippen molar-refractivity contribution in [3.63, 3.8) is 0 Å². The van der Waals surface area contributed by atoms with Gasteiger partial charge in [0.25, 0.3) is 11.8 Å². The van der Waals surface area contributed by atoms with Gasteiger partial charge in [0.15, 0.2) is 0 Å². The molecule has 1 aromatic carbocycles. The molecule has 0 radical (unpaired) electrons. The Bertz CT molecular complexity index is 939. The summed E-state index contributed by atoms with van der Waals surface area (Å²) >= 11 is 0. The molecule has 0 unspecified atom stereocenters. The average molecular weight is 362 g/mol. The fourth-order valence-electron chi connectivity index (χ4n) is 3.02. The lowest BCUT2D eigenvalue weighted by Gasteiger charge is -2.39. The Morgan fingerprint density at radius 3 is 2.37 bits per heavy atom. The van der Waals surface area contributed by atoms with E-state index in [0.29, 0.717) is 35.7 Å². The number of ether oxygens (including phenoxy) is 1. The van der Waals surface area contributed by atoms with Crippen molar-refractivity contribution in [2.75, 3.05) is 19.6 Å². The fourth-order valence-corrected chi connectivity index (χ4v) is 3.02. The molecule has 8 nitrogen and oxygen atoms in total. The molecule has 8 heteroatoms. The number of hydrogen-bond acceptors (Lipinski definition) is 6. The quantitative estimate of drug-likeness (QED) is 0.747. The van der Waals surface area contributed by atoms with E-state index < -0.39 is 11.8 Å². The Balaban J connectivity index is 1.31. The third kappa shape index (κ3) is 3.00. The van der Waals surface area contributed by atoms with E-state index in [4.69, 9.17) is 10.00 Å². The van der Waals surface area contributed by atoms with E-state index in [9.17, 15) is 14.4 Å². The first kappa shape index (κ1) is 16.7. The molecular formula is C19H14N4O4. The van der Waals surface area contributed by atoms with E-state index in [1.54, 1.807) is 36.4 Å². The first-order valence-corrected chi connectivity index (χ1v) is 8.32. The number of carbonyl (C=O) groups excluding carboxylic acids is 3. The fraction of sp³-hybridized carbons (Fsp3) is 0.211. The van der Waals surface area contributed by atoms with Crippen molar-refractivity contribution in [3.05, 3.63) is 59.3 Å². The van der Waals surface area contributed by atoms with Crippen LogP contribution in [0.1, 0.15) is 26.3 Å². The summed E-state index contributed by atoms with van der Waals surface area (Å²) in [6.07, 6.45) is 1.20. The Kier molecular flexibility index (Phi) is 4.05. The van der Waals surface area contributed by atoms with Crippen molar-refractivity contribution < 1.29 is 19.1 Å². The second-order valence-electron chi connectivity index (χ2n) is 6.28. The van der Waals surface area contributed by atoms with Crippen LogP contribution in [0.3, 0.4) is 0 Å².